The Morgan fingerprint density at radius 1 is 1.12 bits per heavy atom. The average molecular weight is 355 g/mol. The molecular weight excluding hydrogens is 334 g/mol. The smallest absolute Gasteiger partial charge is 0.251 e. The van der Waals surface area contributed by atoms with Crippen LogP contribution >= 0.6 is 11.8 Å². The van der Waals surface area contributed by atoms with Gasteiger partial charge in [-0.25, -0.2) is 0 Å². The number of hydrogen-bond acceptors (Lipinski definition) is 5. The van der Waals surface area contributed by atoms with Crippen LogP contribution in [0, 0.1) is 0 Å². The molecule has 2 heterocycles. The molecule has 6 heteroatoms. The number of carbonyl (C=O) groups is 1. The van der Waals surface area contributed by atoms with Gasteiger partial charge in [-0.05, 0) is 30.3 Å². The van der Waals surface area contributed by atoms with Gasteiger partial charge < -0.3 is 15.4 Å². The maximum absolute atomic E-state index is 12.4. The summed E-state index contributed by atoms with van der Waals surface area (Å²) in [6.07, 6.45) is 0. The van der Waals surface area contributed by atoms with E-state index in [0.29, 0.717) is 12.1 Å². The lowest BCUT2D eigenvalue weighted by Crippen LogP contribution is -2.41. The van der Waals surface area contributed by atoms with Gasteiger partial charge in [-0.1, -0.05) is 23.9 Å². The van der Waals surface area contributed by atoms with Crippen molar-refractivity contribution in [2.45, 2.75) is 9.79 Å². The SMILES string of the molecule is O=C(NCCN1CCOCC1)c1ccc2c(c1)Nc1ccccc1S2. The van der Waals surface area contributed by atoms with Crippen LogP contribution in [0.2, 0.25) is 0 Å². The van der Waals surface area contributed by atoms with Gasteiger partial charge in [0.15, 0.2) is 0 Å². The number of hydrogen-bond donors (Lipinski definition) is 2. The van der Waals surface area contributed by atoms with Crippen molar-refractivity contribution in [2.75, 3.05) is 44.7 Å². The fourth-order valence-corrected chi connectivity index (χ4v) is 4.00. The van der Waals surface area contributed by atoms with Gasteiger partial charge in [-0.15, -0.1) is 0 Å². The van der Waals surface area contributed by atoms with E-state index in [9.17, 15) is 4.79 Å². The minimum absolute atomic E-state index is 0.0262. The molecule has 0 atom stereocenters. The summed E-state index contributed by atoms with van der Waals surface area (Å²) in [5, 5.41) is 6.44. The Morgan fingerprint density at radius 2 is 1.92 bits per heavy atom. The number of nitrogens with one attached hydrogen (secondary N) is 2. The Bertz CT molecular complexity index is 775. The molecular formula is C19H21N3O2S. The van der Waals surface area contributed by atoms with E-state index in [1.807, 2.05) is 30.3 Å². The molecule has 0 aliphatic carbocycles. The molecule has 0 bridgehead atoms. The van der Waals surface area contributed by atoms with E-state index in [1.165, 1.54) is 4.90 Å². The number of nitrogens with zero attached hydrogens (tertiary/aromatic N) is 1. The van der Waals surface area contributed by atoms with Gasteiger partial charge in [-0.3, -0.25) is 9.69 Å². The highest BCUT2D eigenvalue weighted by Crippen LogP contribution is 2.44. The summed E-state index contributed by atoms with van der Waals surface area (Å²) in [5.41, 5.74) is 2.77. The van der Waals surface area contributed by atoms with Crippen molar-refractivity contribution in [3.63, 3.8) is 0 Å². The first-order valence-electron chi connectivity index (χ1n) is 8.56. The number of para-hydroxylation sites is 1. The molecule has 1 saturated heterocycles. The predicted octanol–water partition coefficient (Wildman–Crippen LogP) is 2.96. The van der Waals surface area contributed by atoms with Gasteiger partial charge in [0, 0.05) is 41.5 Å². The van der Waals surface area contributed by atoms with Gasteiger partial charge in [0.25, 0.3) is 5.91 Å². The molecule has 130 valence electrons. The number of amides is 1. The van der Waals surface area contributed by atoms with Gasteiger partial charge >= 0.3 is 0 Å². The van der Waals surface area contributed by atoms with E-state index >= 15 is 0 Å². The molecule has 5 nitrogen and oxygen atoms in total. The second kappa shape index (κ2) is 7.47. The number of rotatable bonds is 4. The van der Waals surface area contributed by atoms with E-state index in [-0.39, 0.29) is 5.91 Å². The largest absolute Gasteiger partial charge is 0.379 e. The lowest BCUT2D eigenvalue weighted by molar-refractivity contribution is 0.0383. The fourth-order valence-electron chi connectivity index (χ4n) is 3.03. The molecule has 2 aromatic carbocycles. The van der Waals surface area contributed by atoms with Crippen molar-refractivity contribution in [3.8, 4) is 0 Å². The molecule has 1 fully saturated rings. The molecule has 0 unspecified atom stereocenters. The van der Waals surface area contributed by atoms with E-state index in [0.717, 1.165) is 49.1 Å². The zero-order valence-electron chi connectivity index (χ0n) is 14.0. The molecule has 4 rings (SSSR count). The average Bonchev–Trinajstić information content (AvgIpc) is 2.66. The third kappa shape index (κ3) is 3.81. The molecule has 0 radical (unpaired) electrons. The molecule has 1 amide bonds. The summed E-state index contributed by atoms with van der Waals surface area (Å²) in [6, 6.07) is 14.0. The van der Waals surface area contributed by atoms with Crippen molar-refractivity contribution >= 4 is 29.0 Å². The van der Waals surface area contributed by atoms with Crippen molar-refractivity contribution in [1.82, 2.24) is 10.2 Å². The minimum Gasteiger partial charge on any atom is -0.379 e. The summed E-state index contributed by atoms with van der Waals surface area (Å²) in [5.74, 6) is -0.0262. The highest BCUT2D eigenvalue weighted by molar-refractivity contribution is 7.99. The van der Waals surface area contributed by atoms with Crippen molar-refractivity contribution < 1.29 is 9.53 Å². The number of anilines is 2. The van der Waals surface area contributed by atoms with E-state index in [1.54, 1.807) is 11.8 Å². The van der Waals surface area contributed by atoms with Crippen LogP contribution in [0.15, 0.2) is 52.3 Å². The van der Waals surface area contributed by atoms with Crippen LogP contribution < -0.4 is 10.6 Å². The molecule has 2 N–H and O–H groups in total. The zero-order chi connectivity index (χ0) is 17.1. The maximum Gasteiger partial charge on any atom is 0.251 e. The summed E-state index contributed by atoms with van der Waals surface area (Å²) in [4.78, 5) is 17.1. The zero-order valence-corrected chi connectivity index (χ0v) is 14.8. The van der Waals surface area contributed by atoms with Crippen LogP contribution in [-0.4, -0.2) is 50.2 Å². The summed E-state index contributed by atoms with van der Waals surface area (Å²) in [6.45, 7) is 4.96. The monoisotopic (exact) mass is 355 g/mol. The lowest BCUT2D eigenvalue weighted by Gasteiger charge is -2.26. The number of carbonyl (C=O) groups excluding carboxylic acids is 1. The predicted molar refractivity (Wildman–Crippen MR) is 99.9 cm³/mol. The first kappa shape index (κ1) is 16.4. The van der Waals surface area contributed by atoms with Crippen LogP contribution in [0.25, 0.3) is 0 Å². The normalized spacial score (nSPS) is 16.5. The first-order chi connectivity index (χ1) is 12.3. The van der Waals surface area contributed by atoms with Gasteiger partial charge in [0.2, 0.25) is 0 Å². The minimum atomic E-state index is -0.0262. The van der Waals surface area contributed by atoms with Gasteiger partial charge in [0.1, 0.15) is 0 Å². The van der Waals surface area contributed by atoms with Crippen molar-refractivity contribution in [2.24, 2.45) is 0 Å². The molecule has 0 spiro atoms. The summed E-state index contributed by atoms with van der Waals surface area (Å²) >= 11 is 1.73. The van der Waals surface area contributed by atoms with E-state index < -0.39 is 0 Å². The van der Waals surface area contributed by atoms with Crippen LogP contribution in [0.5, 0.6) is 0 Å². The summed E-state index contributed by atoms with van der Waals surface area (Å²) < 4.78 is 5.34. The van der Waals surface area contributed by atoms with Gasteiger partial charge in [-0.2, -0.15) is 0 Å². The van der Waals surface area contributed by atoms with Crippen LogP contribution in [-0.2, 0) is 4.74 Å². The maximum atomic E-state index is 12.4. The van der Waals surface area contributed by atoms with Crippen LogP contribution in [0.3, 0.4) is 0 Å². The Kier molecular flexibility index (Phi) is 4.92. The van der Waals surface area contributed by atoms with E-state index in [4.69, 9.17) is 4.74 Å². The quantitative estimate of drug-likeness (QED) is 0.754. The number of benzene rings is 2. The van der Waals surface area contributed by atoms with Crippen LogP contribution in [0.4, 0.5) is 11.4 Å². The lowest BCUT2D eigenvalue weighted by atomic mass is 10.1. The highest BCUT2D eigenvalue weighted by Gasteiger charge is 2.17. The topological polar surface area (TPSA) is 53.6 Å². The highest BCUT2D eigenvalue weighted by atomic mass is 32.2. The standard InChI is InChI=1S/C19H21N3O2S/c23-19(20-7-8-22-9-11-24-12-10-22)14-5-6-18-16(13-14)21-15-3-1-2-4-17(15)25-18/h1-6,13,21H,7-12H2,(H,20,23). The van der Waals surface area contributed by atoms with Gasteiger partial charge in [0.05, 0.1) is 24.6 Å². The fraction of sp³-hybridized carbons (Fsp3) is 0.316. The molecule has 2 aliphatic rings. The first-order valence-corrected chi connectivity index (χ1v) is 9.37. The third-order valence-corrected chi connectivity index (χ3v) is 5.59. The Hall–Kier alpha value is -2.02. The molecule has 0 aromatic heterocycles. The second-order valence-corrected chi connectivity index (χ2v) is 7.23. The molecule has 25 heavy (non-hydrogen) atoms. The van der Waals surface area contributed by atoms with Crippen molar-refractivity contribution in [1.29, 1.82) is 0 Å². The Labute approximate surface area is 151 Å². The molecule has 2 aromatic rings. The number of fused-ring (bicyclic) bond motifs is 2. The Morgan fingerprint density at radius 3 is 2.80 bits per heavy atom. The van der Waals surface area contributed by atoms with Crippen molar-refractivity contribution in [3.05, 3.63) is 48.0 Å². The van der Waals surface area contributed by atoms with Crippen LogP contribution in [0.1, 0.15) is 10.4 Å². The number of ether oxygens (including phenoxy) is 1. The Balaban J connectivity index is 1.37. The summed E-state index contributed by atoms with van der Waals surface area (Å²) in [7, 11) is 0. The number of morpholine rings is 1. The molecule has 2 aliphatic heterocycles. The third-order valence-electron chi connectivity index (χ3n) is 4.44. The van der Waals surface area contributed by atoms with E-state index in [2.05, 4.69) is 27.7 Å². The molecule has 0 saturated carbocycles. The second-order valence-electron chi connectivity index (χ2n) is 6.14.